The van der Waals surface area contributed by atoms with Gasteiger partial charge in [0.2, 0.25) is 0 Å². The first kappa shape index (κ1) is 36.4. The van der Waals surface area contributed by atoms with Crippen molar-refractivity contribution in [2.45, 2.75) is 0 Å². The maximum atomic E-state index is 8.58. The molecule has 0 heterocycles. The molecule has 0 amide bonds. The van der Waals surface area contributed by atoms with Crippen molar-refractivity contribution in [2.24, 2.45) is 0 Å². The average Bonchev–Trinajstić information content (AvgIpc) is 2.77. The second-order valence-electron chi connectivity index (χ2n) is 3.50. The van der Waals surface area contributed by atoms with E-state index in [1.807, 2.05) is 0 Å². The summed E-state index contributed by atoms with van der Waals surface area (Å²) in [5.74, 6) is 0. The number of nitriles is 12. The summed E-state index contributed by atoms with van der Waals surface area (Å²) in [6.07, 6.45) is 0. The number of hydrogen-bond acceptors (Lipinski definition) is 12. The first-order valence-corrected chi connectivity index (χ1v) is 11.2. The first-order valence-electron chi connectivity index (χ1n) is 4.74. The van der Waals surface area contributed by atoms with Crippen LogP contribution in [0.3, 0.4) is 0 Å². The van der Waals surface area contributed by atoms with Crippen molar-refractivity contribution in [2.75, 3.05) is 0 Å². The van der Waals surface area contributed by atoms with E-state index in [0.717, 1.165) is 59.8 Å². The van der Waals surface area contributed by atoms with E-state index in [-0.39, 0.29) is 52.5 Å². The molecule has 0 bridgehead atoms. The van der Waals surface area contributed by atoms with Crippen LogP contribution in [0.4, 0.5) is 0 Å². The van der Waals surface area contributed by atoms with Gasteiger partial charge in [-0.25, -0.2) is 0 Å². The van der Waals surface area contributed by atoms with E-state index in [1.165, 1.54) is 0 Å². The molecule has 0 radical (unpaired) electrons. The molecule has 0 aliphatic rings. The van der Waals surface area contributed by atoms with Crippen LogP contribution in [0.2, 0.25) is 0 Å². The van der Waals surface area contributed by atoms with Crippen LogP contribution in [0.25, 0.3) is 0 Å². The molecule has 0 atom stereocenters. The summed E-state index contributed by atoms with van der Waals surface area (Å²) in [6, 6.07) is 0. The van der Waals surface area contributed by atoms with Crippen molar-refractivity contribution in [1.29, 1.82) is 63.1 Å². The van der Waals surface area contributed by atoms with Crippen LogP contribution in [-0.2, 0) is 73.7 Å². The average molecular weight is 610 g/mol. The molecule has 29 heavy (non-hydrogen) atoms. The minimum atomic E-state index is -6.17. The van der Waals surface area contributed by atoms with Crippen molar-refractivity contribution in [3.8, 4) is 59.8 Å². The molecule has 0 aromatic rings. The third-order valence-corrected chi connectivity index (χ3v) is 9.50. The molecule has 0 fully saturated rings. The molecule has 17 heteroatoms. The molecule has 0 aromatic carbocycles. The fraction of sp³-hybridized carbons (Fsp3) is 0. The van der Waals surface area contributed by atoms with E-state index >= 15 is 0 Å². The van der Waals surface area contributed by atoms with Crippen molar-refractivity contribution in [3.05, 3.63) is 0 Å². The van der Waals surface area contributed by atoms with Crippen LogP contribution in [-0.4, -0.2) is 0 Å². The minimum absolute atomic E-state index is 0. The maximum absolute atomic E-state index is 8.58. The quantitative estimate of drug-likeness (QED) is 0.332. The summed E-state index contributed by atoms with van der Waals surface area (Å²) < 4.78 is 0. The molecule has 147 valence electrons. The van der Waals surface area contributed by atoms with Gasteiger partial charge in [0, 0.05) is 52.5 Å². The Morgan fingerprint density at radius 3 is 0.517 bits per heavy atom. The van der Waals surface area contributed by atoms with Crippen LogP contribution in [0, 0.1) is 123 Å². The van der Waals surface area contributed by atoms with Crippen LogP contribution in [0.1, 0.15) is 0 Å². The minimum Gasteiger partial charge on any atom is 0 e. The van der Waals surface area contributed by atoms with Gasteiger partial charge in [0.15, 0.2) is 0 Å². The Morgan fingerprint density at radius 2 is 0.517 bits per heavy atom. The Bertz CT molecular complexity index is 895. The predicted octanol–water partition coefficient (Wildman–Crippen LogP) is 0.189. The topological polar surface area (TPSA) is 285 Å². The molecule has 0 saturated heterocycles. The van der Waals surface area contributed by atoms with Crippen molar-refractivity contribution in [3.63, 3.8) is 0 Å². The van der Waals surface area contributed by atoms with Gasteiger partial charge in [-0.3, -0.25) is 0 Å². The molecule has 0 spiro atoms. The largest absolute Gasteiger partial charge is 0 e. The molecule has 0 aliphatic heterocycles. The number of rotatable bonds is 0. The zero-order valence-corrected chi connectivity index (χ0v) is 20.5. The molecule has 12 nitrogen and oxygen atoms in total. The van der Waals surface area contributed by atoms with Gasteiger partial charge in [-0.1, -0.05) is 0 Å². The van der Waals surface area contributed by atoms with Crippen LogP contribution in [0.15, 0.2) is 0 Å². The van der Waals surface area contributed by atoms with E-state index in [4.69, 9.17) is 63.1 Å². The Morgan fingerprint density at radius 1 is 0.379 bits per heavy atom. The fourth-order valence-electron chi connectivity index (χ4n) is 0.515. The normalized spacial score (nSPS) is 12.0. The SMILES string of the molecule is N#[C][Co]([C]#N)([C]#N)([C]#N)([C]#N)[C]#N.N#[C][Fe]([C]#N)([C]#N)([C]#N)([C]#N)[C]#N.[Ni].[Ni].[Zn]. The molecular weight excluding hydrogens is 610 g/mol. The van der Waals surface area contributed by atoms with Gasteiger partial charge in [0.1, 0.15) is 0 Å². The third kappa shape index (κ3) is 3.89. The van der Waals surface area contributed by atoms with Crippen molar-refractivity contribution in [1.82, 2.24) is 0 Å². The van der Waals surface area contributed by atoms with Crippen LogP contribution < -0.4 is 0 Å². The Hall–Kier alpha value is -3.48. The van der Waals surface area contributed by atoms with Gasteiger partial charge in [-0.05, 0) is 0 Å². The van der Waals surface area contributed by atoms with Crippen LogP contribution in [0.5, 0.6) is 0 Å². The maximum Gasteiger partial charge on any atom is 0 e. The van der Waals surface area contributed by atoms with E-state index < -0.39 is 21.3 Å². The predicted molar refractivity (Wildman–Crippen MR) is 67.4 cm³/mol. The summed E-state index contributed by atoms with van der Waals surface area (Å²) in [4.78, 5) is 6.19. The van der Waals surface area contributed by atoms with E-state index in [2.05, 4.69) is 0 Å². The van der Waals surface area contributed by atoms with Gasteiger partial charge in [0.05, 0.1) is 0 Å². The molecule has 0 aliphatic carbocycles. The van der Waals surface area contributed by atoms with Crippen molar-refractivity contribution >= 4 is 0 Å². The third-order valence-electron chi connectivity index (χ3n) is 2.30. The molecule has 0 saturated carbocycles. The molecule has 0 N–H and O–H groups in total. The summed E-state index contributed by atoms with van der Waals surface area (Å²) in [5, 5.41) is 109. The first-order chi connectivity index (χ1) is 11.9. The summed E-state index contributed by atoms with van der Waals surface area (Å²) in [7, 11) is -12.2. The van der Waals surface area contributed by atoms with Gasteiger partial charge >= 0.3 is 144 Å². The molecule has 0 rings (SSSR count). The van der Waals surface area contributed by atoms with Crippen LogP contribution >= 0.6 is 0 Å². The Labute approximate surface area is 195 Å². The Balaban J connectivity index is -0.000000120. The zero-order chi connectivity index (χ0) is 21.3. The number of nitrogens with zero attached hydrogens (tertiary/aromatic N) is 12. The van der Waals surface area contributed by atoms with E-state index in [9.17, 15) is 0 Å². The van der Waals surface area contributed by atoms with Gasteiger partial charge < -0.3 is 0 Å². The van der Waals surface area contributed by atoms with E-state index in [0.29, 0.717) is 0 Å². The van der Waals surface area contributed by atoms with Gasteiger partial charge in [-0.15, -0.1) is 0 Å². The van der Waals surface area contributed by atoms with E-state index in [1.54, 1.807) is 0 Å². The summed E-state index contributed by atoms with van der Waals surface area (Å²) >= 11 is 0. The monoisotopic (exact) mass is 607 g/mol. The standard InChI is InChI=1S/12CN.Co.Fe.2Ni.Zn/c12*1-2;;;;;. The smallest absolute Gasteiger partial charge is 0 e. The molecule has 0 unspecified atom stereocenters. The molecule has 0 aromatic heterocycles. The fourth-order valence-corrected chi connectivity index (χ4v) is 2.12. The van der Waals surface area contributed by atoms with Crippen molar-refractivity contribution < 1.29 is 73.7 Å². The summed E-state index contributed by atoms with van der Waals surface area (Å²) in [6.45, 7) is 0. The number of hydrogen-bond donors (Lipinski definition) is 0. The van der Waals surface area contributed by atoms with Gasteiger partial charge in [-0.2, -0.15) is 0 Å². The Kier molecular flexibility index (Phi) is 11.5. The molecular formula is C12CoFeN12Ni2Zn. The summed E-state index contributed by atoms with van der Waals surface area (Å²) in [5.41, 5.74) is 0. The van der Waals surface area contributed by atoms with Gasteiger partial charge in [0.25, 0.3) is 0 Å². The second-order valence-corrected chi connectivity index (χ2v) is 14.4. The second kappa shape index (κ2) is 9.14. The zero-order valence-electron chi connectivity index (χ0n) is 13.4.